The summed E-state index contributed by atoms with van der Waals surface area (Å²) in [5.41, 5.74) is 1.27. The molecule has 18 heavy (non-hydrogen) atoms. The SMILES string of the molecule is CCNCc1ccoc1CN1CCOC(CC)C1. The van der Waals surface area contributed by atoms with Gasteiger partial charge in [-0.05, 0) is 19.0 Å². The van der Waals surface area contributed by atoms with E-state index in [1.807, 2.05) is 0 Å². The standard InChI is InChI=1S/C14H24N2O2/c1-3-13-10-16(6-8-17-13)11-14-12(5-7-18-14)9-15-4-2/h5,7,13,15H,3-4,6,8-11H2,1-2H3. The van der Waals surface area contributed by atoms with E-state index in [0.29, 0.717) is 6.10 Å². The van der Waals surface area contributed by atoms with Crippen LogP contribution in [-0.2, 0) is 17.8 Å². The molecule has 1 fully saturated rings. The van der Waals surface area contributed by atoms with Crippen molar-refractivity contribution in [2.75, 3.05) is 26.2 Å². The van der Waals surface area contributed by atoms with Crippen molar-refractivity contribution in [3.8, 4) is 0 Å². The molecule has 4 nitrogen and oxygen atoms in total. The smallest absolute Gasteiger partial charge is 0.122 e. The number of nitrogens with one attached hydrogen (secondary N) is 1. The van der Waals surface area contributed by atoms with Crippen LogP contribution in [0.3, 0.4) is 0 Å². The summed E-state index contributed by atoms with van der Waals surface area (Å²) >= 11 is 0. The van der Waals surface area contributed by atoms with Crippen molar-refractivity contribution in [2.45, 2.75) is 39.5 Å². The quantitative estimate of drug-likeness (QED) is 0.840. The van der Waals surface area contributed by atoms with Gasteiger partial charge in [-0.2, -0.15) is 0 Å². The maximum absolute atomic E-state index is 5.69. The lowest BCUT2D eigenvalue weighted by Crippen LogP contribution is -2.41. The molecule has 1 aromatic rings. The molecule has 1 aromatic heterocycles. The van der Waals surface area contributed by atoms with Gasteiger partial charge in [-0.15, -0.1) is 0 Å². The fraction of sp³-hybridized carbons (Fsp3) is 0.714. The zero-order chi connectivity index (χ0) is 12.8. The fourth-order valence-corrected chi connectivity index (χ4v) is 2.30. The number of hydrogen-bond acceptors (Lipinski definition) is 4. The van der Waals surface area contributed by atoms with Gasteiger partial charge in [-0.25, -0.2) is 0 Å². The van der Waals surface area contributed by atoms with E-state index in [0.717, 1.165) is 51.5 Å². The summed E-state index contributed by atoms with van der Waals surface area (Å²) in [6.07, 6.45) is 3.25. The van der Waals surface area contributed by atoms with E-state index in [2.05, 4.69) is 30.1 Å². The number of morpholine rings is 1. The Morgan fingerprint density at radius 2 is 2.33 bits per heavy atom. The Morgan fingerprint density at radius 3 is 3.11 bits per heavy atom. The average molecular weight is 252 g/mol. The molecule has 4 heteroatoms. The summed E-state index contributed by atoms with van der Waals surface area (Å²) in [6.45, 7) is 9.92. The van der Waals surface area contributed by atoms with Crippen molar-refractivity contribution in [1.82, 2.24) is 10.2 Å². The van der Waals surface area contributed by atoms with Crippen LogP contribution in [0.15, 0.2) is 16.7 Å². The second kappa shape index (κ2) is 6.92. The minimum Gasteiger partial charge on any atom is -0.468 e. The molecule has 0 saturated carbocycles. The molecule has 0 amide bonds. The molecule has 1 aliphatic heterocycles. The normalized spacial score (nSPS) is 21.3. The van der Waals surface area contributed by atoms with Gasteiger partial charge in [0.05, 0.1) is 25.5 Å². The van der Waals surface area contributed by atoms with Gasteiger partial charge in [0.2, 0.25) is 0 Å². The van der Waals surface area contributed by atoms with Crippen molar-refractivity contribution in [1.29, 1.82) is 0 Å². The van der Waals surface area contributed by atoms with Crippen molar-refractivity contribution in [3.05, 3.63) is 23.7 Å². The minimum absolute atomic E-state index is 0.380. The van der Waals surface area contributed by atoms with E-state index in [-0.39, 0.29) is 0 Å². The Bertz CT molecular complexity index is 351. The highest BCUT2D eigenvalue weighted by Gasteiger charge is 2.20. The molecule has 2 rings (SSSR count). The van der Waals surface area contributed by atoms with Crippen molar-refractivity contribution in [2.24, 2.45) is 0 Å². The van der Waals surface area contributed by atoms with Crippen LogP contribution in [0.4, 0.5) is 0 Å². The zero-order valence-corrected chi connectivity index (χ0v) is 11.4. The largest absolute Gasteiger partial charge is 0.468 e. The number of ether oxygens (including phenoxy) is 1. The molecule has 102 valence electrons. The Morgan fingerprint density at radius 1 is 1.44 bits per heavy atom. The van der Waals surface area contributed by atoms with Gasteiger partial charge in [0.1, 0.15) is 5.76 Å². The van der Waals surface area contributed by atoms with Crippen LogP contribution in [-0.4, -0.2) is 37.2 Å². The third-order valence-electron chi connectivity index (χ3n) is 3.45. The second-order valence-electron chi connectivity index (χ2n) is 4.79. The lowest BCUT2D eigenvalue weighted by Gasteiger charge is -2.32. The molecule has 0 radical (unpaired) electrons. The molecular weight excluding hydrogens is 228 g/mol. The van der Waals surface area contributed by atoms with Gasteiger partial charge in [-0.1, -0.05) is 13.8 Å². The third-order valence-corrected chi connectivity index (χ3v) is 3.45. The Kier molecular flexibility index (Phi) is 5.23. The lowest BCUT2D eigenvalue weighted by atomic mass is 10.2. The van der Waals surface area contributed by atoms with Gasteiger partial charge in [-0.3, -0.25) is 4.90 Å². The predicted molar refractivity (Wildman–Crippen MR) is 71.4 cm³/mol. The van der Waals surface area contributed by atoms with Crippen LogP contribution in [0.1, 0.15) is 31.6 Å². The summed E-state index contributed by atoms with van der Waals surface area (Å²) in [6, 6.07) is 2.07. The Labute approximate surface area is 109 Å². The lowest BCUT2D eigenvalue weighted by molar-refractivity contribution is -0.0342. The topological polar surface area (TPSA) is 37.6 Å². The van der Waals surface area contributed by atoms with Gasteiger partial charge in [0.15, 0.2) is 0 Å². The minimum atomic E-state index is 0.380. The van der Waals surface area contributed by atoms with E-state index in [9.17, 15) is 0 Å². The van der Waals surface area contributed by atoms with Crippen LogP contribution < -0.4 is 5.32 Å². The number of hydrogen-bond donors (Lipinski definition) is 1. The Balaban J connectivity index is 1.90. The third kappa shape index (κ3) is 3.57. The molecule has 1 saturated heterocycles. The molecule has 2 heterocycles. The first-order chi connectivity index (χ1) is 8.83. The highest BCUT2D eigenvalue weighted by atomic mass is 16.5. The fourth-order valence-electron chi connectivity index (χ4n) is 2.30. The molecular formula is C14H24N2O2. The van der Waals surface area contributed by atoms with E-state index >= 15 is 0 Å². The molecule has 0 aliphatic carbocycles. The van der Waals surface area contributed by atoms with E-state index in [4.69, 9.17) is 9.15 Å². The van der Waals surface area contributed by atoms with Crippen molar-refractivity contribution in [3.63, 3.8) is 0 Å². The second-order valence-corrected chi connectivity index (χ2v) is 4.79. The maximum Gasteiger partial charge on any atom is 0.122 e. The first kappa shape index (κ1) is 13.6. The zero-order valence-electron chi connectivity index (χ0n) is 11.4. The Hall–Kier alpha value is -0.840. The highest BCUT2D eigenvalue weighted by Crippen LogP contribution is 2.16. The summed E-state index contributed by atoms with van der Waals surface area (Å²) in [4.78, 5) is 2.42. The molecule has 1 aliphatic rings. The first-order valence-corrected chi connectivity index (χ1v) is 6.93. The average Bonchev–Trinajstić information content (AvgIpc) is 2.84. The molecule has 0 aromatic carbocycles. The highest BCUT2D eigenvalue weighted by molar-refractivity contribution is 5.16. The predicted octanol–water partition coefficient (Wildman–Crippen LogP) is 2.00. The molecule has 1 atom stereocenters. The van der Waals surface area contributed by atoms with Gasteiger partial charge >= 0.3 is 0 Å². The van der Waals surface area contributed by atoms with Gasteiger partial charge < -0.3 is 14.5 Å². The van der Waals surface area contributed by atoms with Crippen LogP contribution in [0.2, 0.25) is 0 Å². The van der Waals surface area contributed by atoms with E-state index < -0.39 is 0 Å². The van der Waals surface area contributed by atoms with Crippen molar-refractivity contribution >= 4 is 0 Å². The van der Waals surface area contributed by atoms with Crippen LogP contribution in [0.25, 0.3) is 0 Å². The van der Waals surface area contributed by atoms with Gasteiger partial charge in [0.25, 0.3) is 0 Å². The van der Waals surface area contributed by atoms with Gasteiger partial charge in [0, 0.05) is 25.2 Å². The first-order valence-electron chi connectivity index (χ1n) is 6.93. The number of rotatable bonds is 6. The summed E-state index contributed by atoms with van der Waals surface area (Å²) in [5.74, 6) is 1.09. The monoisotopic (exact) mass is 252 g/mol. The number of nitrogens with zero attached hydrogens (tertiary/aromatic N) is 1. The summed E-state index contributed by atoms with van der Waals surface area (Å²) < 4.78 is 11.3. The molecule has 0 spiro atoms. The molecule has 1 N–H and O–H groups in total. The van der Waals surface area contributed by atoms with E-state index in [1.54, 1.807) is 6.26 Å². The maximum atomic E-state index is 5.69. The molecule has 0 bridgehead atoms. The molecule has 1 unspecified atom stereocenters. The summed E-state index contributed by atoms with van der Waals surface area (Å²) in [5, 5.41) is 3.35. The van der Waals surface area contributed by atoms with Crippen LogP contribution >= 0.6 is 0 Å². The van der Waals surface area contributed by atoms with E-state index in [1.165, 1.54) is 5.56 Å². The van der Waals surface area contributed by atoms with Crippen molar-refractivity contribution < 1.29 is 9.15 Å². The number of furan rings is 1. The summed E-state index contributed by atoms with van der Waals surface area (Å²) in [7, 11) is 0. The van der Waals surface area contributed by atoms with Crippen LogP contribution in [0.5, 0.6) is 0 Å². The van der Waals surface area contributed by atoms with Crippen LogP contribution in [0, 0.1) is 0 Å².